The number of carbonyl (C=O) groups is 1. The molecule has 0 unspecified atom stereocenters. The van der Waals surface area contributed by atoms with Crippen LogP contribution >= 0.6 is 11.3 Å². The number of fused-ring (bicyclic) bond motifs is 1. The number of nitrogens with zero attached hydrogens (tertiary/aromatic N) is 1. The Bertz CT molecular complexity index is 604. The third-order valence-electron chi connectivity index (χ3n) is 3.49. The highest BCUT2D eigenvalue weighted by molar-refractivity contribution is 7.17. The first-order valence-corrected chi connectivity index (χ1v) is 7.60. The van der Waals surface area contributed by atoms with Crippen LogP contribution in [-0.2, 0) is 16.0 Å². The number of hydrogen-bond acceptors (Lipinski definition) is 4. The summed E-state index contributed by atoms with van der Waals surface area (Å²) in [6.07, 6.45) is 0.457. The van der Waals surface area contributed by atoms with Crippen molar-refractivity contribution in [3.8, 4) is 0 Å². The van der Waals surface area contributed by atoms with Crippen LogP contribution in [-0.4, -0.2) is 48.3 Å². The van der Waals surface area contributed by atoms with Gasteiger partial charge in [-0.25, -0.2) is 0 Å². The van der Waals surface area contributed by atoms with E-state index in [1.54, 1.807) is 16.2 Å². The van der Waals surface area contributed by atoms with E-state index in [0.29, 0.717) is 19.7 Å². The number of likely N-dealkylation sites (tertiary alicyclic amines) is 1. The van der Waals surface area contributed by atoms with E-state index in [4.69, 9.17) is 9.84 Å². The van der Waals surface area contributed by atoms with Crippen LogP contribution in [0.25, 0.3) is 10.1 Å². The highest BCUT2D eigenvalue weighted by Gasteiger charge is 2.28. The fourth-order valence-electron chi connectivity index (χ4n) is 2.27. The van der Waals surface area contributed by atoms with Gasteiger partial charge in [-0.3, -0.25) is 4.79 Å². The molecule has 0 saturated carbocycles. The Morgan fingerprint density at radius 2 is 2.25 bits per heavy atom. The largest absolute Gasteiger partial charge is 0.389 e. The second-order valence-corrected chi connectivity index (χ2v) is 6.00. The lowest BCUT2D eigenvalue weighted by Crippen LogP contribution is -2.54. The molecular weight excluding hydrogens is 274 g/mol. The zero-order valence-corrected chi connectivity index (χ0v) is 11.9. The van der Waals surface area contributed by atoms with E-state index in [2.05, 4.69) is 29.6 Å². The van der Waals surface area contributed by atoms with Gasteiger partial charge in [-0.05, 0) is 34.9 Å². The lowest BCUT2D eigenvalue weighted by atomic mass is 10.1. The fourth-order valence-corrected chi connectivity index (χ4v) is 3.04. The Balaban J connectivity index is 1.42. The van der Waals surface area contributed by atoms with Crippen molar-refractivity contribution < 1.29 is 14.6 Å². The molecule has 1 aromatic carbocycles. The van der Waals surface area contributed by atoms with Crippen LogP contribution in [0, 0.1) is 0 Å². The number of carbonyl (C=O) groups excluding carboxylic acids is 1. The molecule has 0 spiro atoms. The van der Waals surface area contributed by atoms with E-state index in [1.807, 2.05) is 0 Å². The molecule has 1 aliphatic rings. The van der Waals surface area contributed by atoms with Crippen molar-refractivity contribution in [2.45, 2.75) is 12.5 Å². The molecule has 0 atom stereocenters. The molecule has 0 radical (unpaired) electrons. The Kier molecular flexibility index (Phi) is 4.00. The minimum Gasteiger partial charge on any atom is -0.389 e. The summed E-state index contributed by atoms with van der Waals surface area (Å²) < 4.78 is 6.71. The van der Waals surface area contributed by atoms with Gasteiger partial charge in [0.15, 0.2) is 0 Å². The lowest BCUT2D eigenvalue weighted by molar-refractivity contribution is -0.146. The number of ether oxygens (including phenoxy) is 1. The van der Waals surface area contributed by atoms with Crippen LogP contribution in [0.5, 0.6) is 0 Å². The fraction of sp³-hybridized carbons (Fsp3) is 0.400. The van der Waals surface area contributed by atoms with Gasteiger partial charge in [0, 0.05) is 17.8 Å². The van der Waals surface area contributed by atoms with Crippen molar-refractivity contribution >= 4 is 27.3 Å². The maximum atomic E-state index is 11.6. The van der Waals surface area contributed by atoms with Crippen LogP contribution in [0.1, 0.15) is 5.56 Å². The maximum Gasteiger partial charge on any atom is 0.248 e. The minimum atomic E-state index is -0.351. The quantitative estimate of drug-likeness (QED) is 0.853. The number of thiophene rings is 1. The number of hydrogen-bond donors (Lipinski definition) is 1. The molecule has 1 fully saturated rings. The van der Waals surface area contributed by atoms with Gasteiger partial charge in [-0.2, -0.15) is 0 Å². The molecule has 3 rings (SSSR count). The van der Waals surface area contributed by atoms with Crippen molar-refractivity contribution in [2.24, 2.45) is 0 Å². The Labute approximate surface area is 121 Å². The highest BCUT2D eigenvalue weighted by atomic mass is 32.1. The van der Waals surface area contributed by atoms with Gasteiger partial charge in [-0.1, -0.05) is 12.1 Å². The van der Waals surface area contributed by atoms with Crippen molar-refractivity contribution in [2.75, 3.05) is 26.3 Å². The van der Waals surface area contributed by atoms with Gasteiger partial charge in [-0.15, -0.1) is 11.3 Å². The van der Waals surface area contributed by atoms with Crippen molar-refractivity contribution in [3.05, 3.63) is 35.2 Å². The normalized spacial score (nSPS) is 15.6. The number of rotatable bonds is 5. The van der Waals surface area contributed by atoms with Gasteiger partial charge < -0.3 is 14.7 Å². The second kappa shape index (κ2) is 5.91. The Morgan fingerprint density at radius 3 is 3.05 bits per heavy atom. The molecular formula is C15H17NO3S. The molecule has 20 heavy (non-hydrogen) atoms. The molecule has 106 valence electrons. The Hall–Kier alpha value is -1.43. The van der Waals surface area contributed by atoms with Gasteiger partial charge in [0.2, 0.25) is 5.91 Å². The Morgan fingerprint density at radius 1 is 1.40 bits per heavy atom. The van der Waals surface area contributed by atoms with Gasteiger partial charge in [0.05, 0.1) is 12.7 Å². The summed E-state index contributed by atoms with van der Waals surface area (Å²) in [5.41, 5.74) is 1.22. The number of amides is 1. The molecule has 1 amide bonds. The number of β-amino-alcohol motifs (C(OH)–C–C–N with tert-alkyl or cyclic N) is 1. The molecule has 2 aromatic rings. The van der Waals surface area contributed by atoms with Crippen LogP contribution < -0.4 is 0 Å². The monoisotopic (exact) mass is 291 g/mol. The predicted octanol–water partition coefficient (Wildman–Crippen LogP) is 1.66. The highest BCUT2D eigenvalue weighted by Crippen LogP contribution is 2.21. The van der Waals surface area contributed by atoms with Crippen LogP contribution in [0.3, 0.4) is 0 Å². The number of benzene rings is 1. The summed E-state index contributed by atoms with van der Waals surface area (Å²) in [7, 11) is 0. The van der Waals surface area contributed by atoms with E-state index < -0.39 is 0 Å². The molecule has 1 aromatic heterocycles. The molecule has 1 N–H and O–H groups in total. The van der Waals surface area contributed by atoms with E-state index in [1.165, 1.54) is 15.6 Å². The number of aliphatic hydroxyl groups excluding tert-OH is 1. The van der Waals surface area contributed by atoms with Crippen molar-refractivity contribution in [1.82, 2.24) is 4.90 Å². The average Bonchev–Trinajstić information content (AvgIpc) is 2.87. The summed E-state index contributed by atoms with van der Waals surface area (Å²) in [4.78, 5) is 13.2. The van der Waals surface area contributed by atoms with E-state index in [9.17, 15) is 4.79 Å². The first kappa shape index (κ1) is 13.5. The standard InChI is InChI=1S/C15H17NO3S/c17-13-8-16(9-13)15(18)10-19-5-3-11-1-2-14-12(7-11)4-6-20-14/h1-2,4,6-7,13,17H,3,5,8-10H2. The van der Waals surface area contributed by atoms with Gasteiger partial charge >= 0.3 is 0 Å². The number of aliphatic hydroxyl groups is 1. The van der Waals surface area contributed by atoms with E-state index in [0.717, 1.165) is 6.42 Å². The second-order valence-electron chi connectivity index (χ2n) is 5.05. The molecule has 1 aliphatic heterocycles. The maximum absolute atomic E-state index is 11.6. The van der Waals surface area contributed by atoms with Gasteiger partial charge in [0.1, 0.15) is 6.61 Å². The van der Waals surface area contributed by atoms with Crippen LogP contribution in [0.4, 0.5) is 0 Å². The third-order valence-corrected chi connectivity index (χ3v) is 4.39. The van der Waals surface area contributed by atoms with Gasteiger partial charge in [0.25, 0.3) is 0 Å². The third kappa shape index (κ3) is 3.00. The topological polar surface area (TPSA) is 49.8 Å². The van der Waals surface area contributed by atoms with E-state index in [-0.39, 0.29) is 18.6 Å². The summed E-state index contributed by atoms with van der Waals surface area (Å²) in [6.45, 7) is 1.53. The van der Waals surface area contributed by atoms with Crippen LogP contribution in [0.15, 0.2) is 29.6 Å². The molecule has 0 aliphatic carbocycles. The molecule has 1 saturated heterocycles. The molecule has 4 nitrogen and oxygen atoms in total. The molecule has 2 heterocycles. The zero-order chi connectivity index (χ0) is 13.9. The van der Waals surface area contributed by atoms with Crippen molar-refractivity contribution in [3.63, 3.8) is 0 Å². The smallest absolute Gasteiger partial charge is 0.248 e. The first-order valence-electron chi connectivity index (χ1n) is 6.72. The van der Waals surface area contributed by atoms with Crippen LogP contribution in [0.2, 0.25) is 0 Å². The SMILES string of the molecule is O=C(COCCc1ccc2sccc2c1)N1CC(O)C1. The first-order chi connectivity index (χ1) is 9.72. The zero-order valence-electron chi connectivity index (χ0n) is 11.1. The molecule has 5 heteroatoms. The average molecular weight is 291 g/mol. The molecule has 0 bridgehead atoms. The predicted molar refractivity (Wildman–Crippen MR) is 78.9 cm³/mol. The van der Waals surface area contributed by atoms with Crippen molar-refractivity contribution in [1.29, 1.82) is 0 Å². The minimum absolute atomic E-state index is 0.0383. The summed E-state index contributed by atoms with van der Waals surface area (Å²) in [6, 6.07) is 8.52. The summed E-state index contributed by atoms with van der Waals surface area (Å²) in [5, 5.41) is 12.5. The summed E-state index contributed by atoms with van der Waals surface area (Å²) in [5.74, 6) is -0.0383. The summed E-state index contributed by atoms with van der Waals surface area (Å²) >= 11 is 1.74. The lowest BCUT2D eigenvalue weighted by Gasteiger charge is -2.35. The van der Waals surface area contributed by atoms with E-state index >= 15 is 0 Å².